The second-order valence-corrected chi connectivity index (χ2v) is 6.37. The van der Waals surface area contributed by atoms with Crippen LogP contribution in [0.3, 0.4) is 0 Å². The van der Waals surface area contributed by atoms with Gasteiger partial charge in [-0.25, -0.2) is 13.1 Å². The fourth-order valence-electron chi connectivity index (χ4n) is 1.91. The van der Waals surface area contributed by atoms with E-state index in [0.29, 0.717) is 12.2 Å². The van der Waals surface area contributed by atoms with Crippen molar-refractivity contribution in [3.05, 3.63) is 18.2 Å². The highest BCUT2D eigenvalue weighted by Gasteiger charge is 2.15. The van der Waals surface area contributed by atoms with E-state index < -0.39 is 10.0 Å². The van der Waals surface area contributed by atoms with Gasteiger partial charge in [-0.05, 0) is 38.2 Å². The van der Waals surface area contributed by atoms with Gasteiger partial charge < -0.3 is 16.0 Å². The molecule has 0 radical (unpaired) electrons. The van der Waals surface area contributed by atoms with Gasteiger partial charge in [0.1, 0.15) is 0 Å². The van der Waals surface area contributed by atoms with E-state index in [4.69, 9.17) is 5.73 Å². The lowest BCUT2D eigenvalue weighted by molar-refractivity contribution is 0.584. The fraction of sp³-hybridized carbons (Fsp3) is 0.538. The van der Waals surface area contributed by atoms with Crippen LogP contribution in [-0.4, -0.2) is 42.1 Å². The molecule has 0 aliphatic heterocycles. The second kappa shape index (κ2) is 7.47. The summed E-state index contributed by atoms with van der Waals surface area (Å²) in [6.45, 7) is 3.81. The summed E-state index contributed by atoms with van der Waals surface area (Å²) in [4.78, 5) is 2.21. The molecule has 0 aliphatic rings. The van der Waals surface area contributed by atoms with Crippen LogP contribution in [0.5, 0.6) is 0 Å². The van der Waals surface area contributed by atoms with Gasteiger partial charge in [-0.2, -0.15) is 0 Å². The molecule has 4 N–H and O–H groups in total. The predicted octanol–water partition coefficient (Wildman–Crippen LogP) is 0.613. The Kier molecular flexibility index (Phi) is 6.25. The van der Waals surface area contributed by atoms with Gasteiger partial charge in [0, 0.05) is 20.1 Å². The van der Waals surface area contributed by atoms with Gasteiger partial charge in [0.2, 0.25) is 10.0 Å². The van der Waals surface area contributed by atoms with Gasteiger partial charge in [0.25, 0.3) is 0 Å². The molecule has 7 heteroatoms. The van der Waals surface area contributed by atoms with Crippen LogP contribution in [-0.2, 0) is 10.0 Å². The number of nitrogens with one attached hydrogen (secondary N) is 2. The minimum Gasteiger partial charge on any atom is -0.397 e. The number of hydrogen-bond acceptors (Lipinski definition) is 5. The van der Waals surface area contributed by atoms with Crippen molar-refractivity contribution in [2.45, 2.75) is 18.2 Å². The van der Waals surface area contributed by atoms with E-state index in [2.05, 4.69) is 10.0 Å². The van der Waals surface area contributed by atoms with Gasteiger partial charge in [0.05, 0.1) is 16.3 Å². The molecule has 0 aromatic heterocycles. The standard InChI is InChI=1S/C13H24N4O2S/c1-4-16-20(18,19)11-6-7-12(14)13(10-11)17(3)9-5-8-15-2/h6-7,10,15-16H,4-5,8-9,14H2,1-3H3. The minimum absolute atomic E-state index is 0.240. The van der Waals surface area contributed by atoms with Gasteiger partial charge in [0.15, 0.2) is 0 Å². The summed E-state index contributed by atoms with van der Waals surface area (Å²) in [7, 11) is 0.356. The molecule has 0 saturated heterocycles. The van der Waals surface area contributed by atoms with E-state index in [0.717, 1.165) is 25.2 Å². The number of nitrogens with zero attached hydrogens (tertiary/aromatic N) is 1. The van der Waals surface area contributed by atoms with Crippen LogP contribution in [0, 0.1) is 0 Å². The first kappa shape index (κ1) is 16.7. The molecular formula is C13H24N4O2S. The maximum atomic E-state index is 12.0. The van der Waals surface area contributed by atoms with Crippen molar-refractivity contribution in [1.29, 1.82) is 0 Å². The minimum atomic E-state index is -3.45. The number of rotatable bonds is 8. The lowest BCUT2D eigenvalue weighted by atomic mass is 10.2. The molecule has 0 amide bonds. The molecule has 0 heterocycles. The quantitative estimate of drug-likeness (QED) is 0.484. The Bertz CT molecular complexity index is 531. The van der Waals surface area contributed by atoms with Crippen LogP contribution < -0.4 is 20.7 Å². The summed E-state index contributed by atoms with van der Waals surface area (Å²) in [5.41, 5.74) is 7.25. The monoisotopic (exact) mass is 300 g/mol. The topological polar surface area (TPSA) is 87.5 Å². The Labute approximate surface area is 121 Å². The first-order chi connectivity index (χ1) is 9.42. The molecule has 1 rings (SSSR count). The maximum absolute atomic E-state index is 12.0. The molecule has 0 bridgehead atoms. The summed E-state index contributed by atoms with van der Waals surface area (Å²) in [6, 6.07) is 4.78. The van der Waals surface area contributed by atoms with E-state index in [1.165, 1.54) is 6.07 Å². The van der Waals surface area contributed by atoms with Gasteiger partial charge in [-0.15, -0.1) is 0 Å². The predicted molar refractivity (Wildman–Crippen MR) is 83.5 cm³/mol. The van der Waals surface area contributed by atoms with Gasteiger partial charge >= 0.3 is 0 Å². The first-order valence-electron chi connectivity index (χ1n) is 6.67. The van der Waals surface area contributed by atoms with Crippen LogP contribution in [0.15, 0.2) is 23.1 Å². The van der Waals surface area contributed by atoms with Crippen molar-refractivity contribution in [2.24, 2.45) is 0 Å². The Balaban J connectivity index is 2.97. The second-order valence-electron chi connectivity index (χ2n) is 4.60. The number of nitrogens with two attached hydrogens (primary N) is 1. The summed E-state index contributed by atoms with van der Waals surface area (Å²) < 4.78 is 26.5. The van der Waals surface area contributed by atoms with Crippen LogP contribution in [0.2, 0.25) is 0 Å². The van der Waals surface area contributed by atoms with Crippen LogP contribution in [0.25, 0.3) is 0 Å². The third kappa shape index (κ3) is 4.36. The van der Waals surface area contributed by atoms with Gasteiger partial charge in [-0.1, -0.05) is 6.92 Å². The Morgan fingerprint density at radius 3 is 2.65 bits per heavy atom. The van der Waals surface area contributed by atoms with Crippen molar-refractivity contribution < 1.29 is 8.42 Å². The first-order valence-corrected chi connectivity index (χ1v) is 8.15. The molecule has 0 fully saturated rings. The lowest BCUT2D eigenvalue weighted by Gasteiger charge is -2.22. The molecule has 0 atom stereocenters. The highest BCUT2D eigenvalue weighted by atomic mass is 32.2. The zero-order valence-electron chi connectivity index (χ0n) is 12.3. The zero-order valence-corrected chi connectivity index (χ0v) is 13.1. The summed E-state index contributed by atoms with van der Waals surface area (Å²) in [5, 5.41) is 3.08. The van der Waals surface area contributed by atoms with Gasteiger partial charge in [-0.3, -0.25) is 0 Å². The fourth-order valence-corrected chi connectivity index (χ4v) is 2.97. The van der Waals surface area contributed by atoms with Crippen molar-refractivity contribution in [1.82, 2.24) is 10.0 Å². The third-order valence-corrected chi connectivity index (χ3v) is 4.52. The molecule has 6 nitrogen and oxygen atoms in total. The average Bonchev–Trinajstić information content (AvgIpc) is 2.39. The van der Waals surface area contributed by atoms with E-state index >= 15 is 0 Å². The average molecular weight is 300 g/mol. The largest absolute Gasteiger partial charge is 0.397 e. The number of anilines is 2. The van der Waals surface area contributed by atoms with E-state index in [1.54, 1.807) is 19.1 Å². The number of benzene rings is 1. The molecule has 0 aliphatic carbocycles. The van der Waals surface area contributed by atoms with Crippen molar-refractivity contribution in [2.75, 3.05) is 44.4 Å². The third-order valence-electron chi connectivity index (χ3n) is 2.98. The normalized spacial score (nSPS) is 11.6. The highest BCUT2D eigenvalue weighted by Crippen LogP contribution is 2.25. The lowest BCUT2D eigenvalue weighted by Crippen LogP contribution is -2.25. The molecule has 0 spiro atoms. The van der Waals surface area contributed by atoms with E-state index in [1.807, 2.05) is 19.0 Å². The summed E-state index contributed by atoms with van der Waals surface area (Å²) in [6.07, 6.45) is 0.955. The Morgan fingerprint density at radius 1 is 1.35 bits per heavy atom. The molecular weight excluding hydrogens is 276 g/mol. The number of sulfonamides is 1. The summed E-state index contributed by atoms with van der Waals surface area (Å²) in [5.74, 6) is 0. The van der Waals surface area contributed by atoms with Crippen molar-refractivity contribution in [3.8, 4) is 0 Å². The molecule has 1 aromatic carbocycles. The number of nitrogen functional groups attached to an aromatic ring is 1. The molecule has 0 saturated carbocycles. The molecule has 20 heavy (non-hydrogen) atoms. The van der Waals surface area contributed by atoms with Crippen molar-refractivity contribution >= 4 is 21.4 Å². The van der Waals surface area contributed by atoms with Crippen molar-refractivity contribution in [3.63, 3.8) is 0 Å². The molecule has 114 valence electrons. The SMILES string of the molecule is CCNS(=O)(=O)c1ccc(N)c(N(C)CCCNC)c1. The van der Waals surface area contributed by atoms with E-state index in [9.17, 15) is 8.42 Å². The Morgan fingerprint density at radius 2 is 2.05 bits per heavy atom. The zero-order chi connectivity index (χ0) is 15.2. The smallest absolute Gasteiger partial charge is 0.240 e. The van der Waals surface area contributed by atoms with Crippen LogP contribution in [0.1, 0.15) is 13.3 Å². The number of hydrogen-bond donors (Lipinski definition) is 3. The maximum Gasteiger partial charge on any atom is 0.240 e. The molecule has 1 aromatic rings. The summed E-state index contributed by atoms with van der Waals surface area (Å²) >= 11 is 0. The molecule has 0 unspecified atom stereocenters. The van der Waals surface area contributed by atoms with Crippen LogP contribution in [0.4, 0.5) is 11.4 Å². The van der Waals surface area contributed by atoms with Crippen LogP contribution >= 0.6 is 0 Å². The van der Waals surface area contributed by atoms with E-state index in [-0.39, 0.29) is 4.90 Å². The Hall–Kier alpha value is -1.31. The highest BCUT2D eigenvalue weighted by molar-refractivity contribution is 7.89.